The molecule has 0 aliphatic rings. The minimum Gasteiger partial charge on any atom is -0.497 e. The number of rotatable bonds is 4. The normalized spacial score (nSPS) is 11.0. The Balaban J connectivity index is 1.76. The van der Waals surface area contributed by atoms with Crippen molar-refractivity contribution in [3.05, 3.63) is 75.1 Å². The van der Waals surface area contributed by atoms with Gasteiger partial charge >= 0.3 is 0 Å². The molecule has 0 aliphatic heterocycles. The van der Waals surface area contributed by atoms with Crippen molar-refractivity contribution in [1.82, 2.24) is 4.98 Å². The first-order valence-electron chi connectivity index (χ1n) is 8.31. The molecule has 0 atom stereocenters. The number of anilines is 1. The van der Waals surface area contributed by atoms with Gasteiger partial charge in [0.2, 0.25) is 5.78 Å². The summed E-state index contributed by atoms with van der Waals surface area (Å²) >= 11 is 13.4. The topological polar surface area (TPSA) is 65.2 Å². The van der Waals surface area contributed by atoms with Gasteiger partial charge in [0.1, 0.15) is 15.5 Å². The maximum absolute atomic E-state index is 13.0. The zero-order valence-electron chi connectivity index (χ0n) is 14.7. The van der Waals surface area contributed by atoms with Gasteiger partial charge < -0.3 is 10.5 Å². The largest absolute Gasteiger partial charge is 0.497 e. The highest BCUT2D eigenvalue weighted by Crippen LogP contribution is 2.37. The molecule has 0 fully saturated rings. The maximum Gasteiger partial charge on any atom is 0.206 e. The third-order valence-electron chi connectivity index (χ3n) is 4.36. The van der Waals surface area contributed by atoms with Gasteiger partial charge in [0.25, 0.3) is 0 Å². The summed E-state index contributed by atoms with van der Waals surface area (Å²) in [6, 6.07) is 16.2. The van der Waals surface area contributed by atoms with Crippen LogP contribution in [0.1, 0.15) is 15.2 Å². The predicted octanol–water partition coefficient (Wildman–Crippen LogP) is 6.09. The van der Waals surface area contributed by atoms with Gasteiger partial charge in [-0.25, -0.2) is 4.98 Å². The van der Waals surface area contributed by atoms with Crippen LogP contribution in [0.5, 0.6) is 5.75 Å². The molecule has 2 aromatic heterocycles. The van der Waals surface area contributed by atoms with Crippen molar-refractivity contribution in [2.24, 2.45) is 0 Å². The smallest absolute Gasteiger partial charge is 0.206 e. The molecule has 0 radical (unpaired) electrons. The second-order valence-corrected chi connectivity index (χ2v) is 7.92. The number of nitrogen functional groups attached to an aromatic ring is 1. The first kappa shape index (κ1) is 18.7. The van der Waals surface area contributed by atoms with Crippen molar-refractivity contribution in [2.45, 2.75) is 0 Å². The minimum atomic E-state index is -0.242. The van der Waals surface area contributed by atoms with Crippen molar-refractivity contribution in [2.75, 3.05) is 12.8 Å². The van der Waals surface area contributed by atoms with Crippen molar-refractivity contribution >= 4 is 56.2 Å². The van der Waals surface area contributed by atoms with Gasteiger partial charge in [0.15, 0.2) is 0 Å². The summed E-state index contributed by atoms with van der Waals surface area (Å²) in [6.45, 7) is 0. The summed E-state index contributed by atoms with van der Waals surface area (Å²) in [7, 11) is 1.62. The number of halogens is 2. The van der Waals surface area contributed by atoms with Crippen LogP contribution >= 0.6 is 34.5 Å². The fraction of sp³-hybridized carbons (Fsp3) is 0.0476. The maximum atomic E-state index is 13.0. The van der Waals surface area contributed by atoms with E-state index in [1.165, 1.54) is 11.3 Å². The molecule has 0 amide bonds. The van der Waals surface area contributed by atoms with Gasteiger partial charge in [0.05, 0.1) is 23.5 Å². The SMILES string of the molecule is COc1ccc(-c2ccc3c(N)c(C(=O)c4ccc(Cl)cc4Cl)sc3n2)cc1. The number of fused-ring (bicyclic) bond motifs is 1. The van der Waals surface area contributed by atoms with E-state index in [0.717, 1.165) is 22.4 Å². The molecule has 0 unspecified atom stereocenters. The molecule has 4 aromatic rings. The lowest BCUT2D eigenvalue weighted by molar-refractivity contribution is 0.104. The van der Waals surface area contributed by atoms with E-state index < -0.39 is 0 Å². The lowest BCUT2D eigenvalue weighted by atomic mass is 10.1. The van der Waals surface area contributed by atoms with Gasteiger partial charge in [-0.3, -0.25) is 4.79 Å². The van der Waals surface area contributed by atoms with Crippen LogP contribution < -0.4 is 10.5 Å². The first-order chi connectivity index (χ1) is 13.5. The molecule has 7 heteroatoms. The number of carbonyl (C=O) groups is 1. The molecule has 0 aliphatic carbocycles. The molecule has 2 N–H and O–H groups in total. The highest BCUT2D eigenvalue weighted by Gasteiger charge is 2.21. The summed E-state index contributed by atoms with van der Waals surface area (Å²) in [5, 5.41) is 1.51. The van der Waals surface area contributed by atoms with Crippen LogP contribution in [0.15, 0.2) is 54.6 Å². The van der Waals surface area contributed by atoms with E-state index in [2.05, 4.69) is 4.98 Å². The van der Waals surface area contributed by atoms with Crippen molar-refractivity contribution < 1.29 is 9.53 Å². The second-order valence-electron chi connectivity index (χ2n) is 6.08. The van der Waals surface area contributed by atoms with E-state index in [4.69, 9.17) is 33.7 Å². The highest BCUT2D eigenvalue weighted by molar-refractivity contribution is 7.21. The molecule has 2 heterocycles. The first-order valence-corrected chi connectivity index (χ1v) is 9.88. The number of methoxy groups -OCH3 is 1. The molecule has 28 heavy (non-hydrogen) atoms. The van der Waals surface area contributed by atoms with E-state index in [1.807, 2.05) is 36.4 Å². The Morgan fingerprint density at radius 1 is 1.07 bits per heavy atom. The van der Waals surface area contributed by atoms with Crippen LogP contribution in [0, 0.1) is 0 Å². The summed E-state index contributed by atoms with van der Waals surface area (Å²) < 4.78 is 5.19. The van der Waals surface area contributed by atoms with Gasteiger partial charge in [-0.2, -0.15) is 0 Å². The fourth-order valence-corrected chi connectivity index (χ4v) is 4.43. The number of nitrogens with two attached hydrogens (primary N) is 1. The standard InChI is InChI=1S/C21H14Cl2N2O2S/c1-27-13-5-2-11(3-6-13)17-9-8-15-18(24)20(28-21(15)25-17)19(26)14-7-4-12(22)10-16(14)23/h2-10H,24H2,1H3. The Bertz CT molecular complexity index is 1200. The summed E-state index contributed by atoms with van der Waals surface area (Å²) in [6.07, 6.45) is 0. The average Bonchev–Trinajstić information content (AvgIpc) is 3.03. The molecule has 4 nitrogen and oxygen atoms in total. The van der Waals surface area contributed by atoms with Crippen molar-refractivity contribution in [3.8, 4) is 17.0 Å². The highest BCUT2D eigenvalue weighted by atomic mass is 35.5. The molecular formula is C21H14Cl2N2O2S. The number of pyridine rings is 1. The van der Waals surface area contributed by atoms with Crippen molar-refractivity contribution in [1.29, 1.82) is 0 Å². The summed E-state index contributed by atoms with van der Waals surface area (Å²) in [5.74, 6) is 0.533. The van der Waals surface area contributed by atoms with Crippen molar-refractivity contribution in [3.63, 3.8) is 0 Å². The monoisotopic (exact) mass is 428 g/mol. The number of carbonyl (C=O) groups excluding carboxylic acids is 1. The van der Waals surface area contributed by atoms with E-state index in [-0.39, 0.29) is 5.78 Å². The predicted molar refractivity (Wildman–Crippen MR) is 116 cm³/mol. The Labute approximate surface area is 175 Å². The summed E-state index contributed by atoms with van der Waals surface area (Å²) in [4.78, 5) is 18.8. The summed E-state index contributed by atoms with van der Waals surface area (Å²) in [5.41, 5.74) is 8.75. The Kier molecular flexibility index (Phi) is 4.98. The van der Waals surface area contributed by atoms with Gasteiger partial charge in [0, 0.05) is 21.5 Å². The number of nitrogens with zero attached hydrogens (tertiary/aromatic N) is 1. The molecule has 0 saturated carbocycles. The van der Waals surface area contributed by atoms with Crippen LogP contribution in [0.25, 0.3) is 21.5 Å². The zero-order chi connectivity index (χ0) is 19.8. The Morgan fingerprint density at radius 3 is 2.50 bits per heavy atom. The second kappa shape index (κ2) is 7.43. The lowest BCUT2D eigenvalue weighted by Gasteiger charge is -2.03. The van der Waals surface area contributed by atoms with Gasteiger partial charge in [-0.15, -0.1) is 11.3 Å². The number of ketones is 1. The molecule has 140 valence electrons. The quantitative estimate of drug-likeness (QED) is 0.399. The number of thiophene rings is 1. The number of benzene rings is 2. The minimum absolute atomic E-state index is 0.242. The molecule has 4 rings (SSSR count). The Morgan fingerprint density at radius 2 is 1.82 bits per heavy atom. The number of hydrogen-bond acceptors (Lipinski definition) is 5. The van der Waals surface area contributed by atoms with E-state index in [1.54, 1.807) is 25.3 Å². The van der Waals surface area contributed by atoms with Crippen LogP contribution in [-0.2, 0) is 0 Å². The molecule has 0 spiro atoms. The average molecular weight is 429 g/mol. The van der Waals surface area contributed by atoms with Crippen LogP contribution in [0.3, 0.4) is 0 Å². The Hall–Kier alpha value is -2.60. The van der Waals surface area contributed by atoms with E-state index in [9.17, 15) is 4.79 Å². The van der Waals surface area contributed by atoms with Crippen LogP contribution in [0.2, 0.25) is 10.0 Å². The van der Waals surface area contributed by atoms with Gasteiger partial charge in [-0.05, 0) is 54.6 Å². The lowest BCUT2D eigenvalue weighted by Crippen LogP contribution is -2.02. The molecule has 0 bridgehead atoms. The van der Waals surface area contributed by atoms with E-state index >= 15 is 0 Å². The molecule has 0 saturated heterocycles. The number of hydrogen-bond donors (Lipinski definition) is 1. The molecular weight excluding hydrogens is 415 g/mol. The number of aromatic nitrogens is 1. The third kappa shape index (κ3) is 3.33. The van der Waals surface area contributed by atoms with Crippen LogP contribution in [-0.4, -0.2) is 17.9 Å². The van der Waals surface area contributed by atoms with E-state index in [0.29, 0.717) is 31.0 Å². The van der Waals surface area contributed by atoms with Crippen LogP contribution in [0.4, 0.5) is 5.69 Å². The zero-order valence-corrected chi connectivity index (χ0v) is 17.0. The number of ether oxygens (including phenoxy) is 1. The van der Waals surface area contributed by atoms with Gasteiger partial charge in [-0.1, -0.05) is 23.2 Å². The third-order valence-corrected chi connectivity index (χ3v) is 6.02. The molecule has 2 aromatic carbocycles. The fourth-order valence-electron chi connectivity index (χ4n) is 2.88.